The Morgan fingerprint density at radius 1 is 1.26 bits per heavy atom. The highest BCUT2D eigenvalue weighted by Gasteiger charge is 2.03. The molecule has 1 rings (SSSR count). The van der Waals surface area contributed by atoms with Crippen molar-refractivity contribution < 1.29 is 19.1 Å². The van der Waals surface area contributed by atoms with Gasteiger partial charge in [-0.25, -0.2) is 15.0 Å². The summed E-state index contributed by atoms with van der Waals surface area (Å²) in [6.07, 6.45) is 1.38. The van der Waals surface area contributed by atoms with Crippen LogP contribution in [0.4, 0.5) is 9.59 Å². The summed E-state index contributed by atoms with van der Waals surface area (Å²) in [7, 11) is 3.04. The van der Waals surface area contributed by atoms with Gasteiger partial charge in [0, 0.05) is 0 Å². The zero-order valence-corrected chi connectivity index (χ0v) is 10.5. The summed E-state index contributed by atoms with van der Waals surface area (Å²) in [5.74, 6) is 1.12. The number of carbonyl (C=O) groups excluding carboxylic acids is 2. The molecule has 0 atom stereocenters. The van der Waals surface area contributed by atoms with Crippen molar-refractivity contribution in [3.63, 3.8) is 0 Å². The third-order valence-electron chi connectivity index (χ3n) is 2.02. The van der Waals surface area contributed by atoms with Crippen molar-refractivity contribution in [2.45, 2.75) is 0 Å². The number of urea groups is 2. The van der Waals surface area contributed by atoms with Crippen LogP contribution in [-0.2, 0) is 0 Å². The molecule has 4 N–H and O–H groups in total. The normalized spacial score (nSPS) is 10.0. The van der Waals surface area contributed by atoms with Crippen LogP contribution in [0.25, 0.3) is 0 Å². The number of benzene rings is 1. The number of nitrogens with one attached hydrogen (secondary N) is 2. The van der Waals surface area contributed by atoms with Gasteiger partial charge in [-0.1, -0.05) is 0 Å². The fraction of sp³-hybridized carbons (Fsp3) is 0.182. The van der Waals surface area contributed by atoms with Gasteiger partial charge in [0.05, 0.1) is 20.4 Å². The molecule has 0 spiro atoms. The van der Waals surface area contributed by atoms with E-state index in [1.807, 2.05) is 0 Å². The first-order chi connectivity index (χ1) is 9.06. The molecule has 1 aromatic rings. The lowest BCUT2D eigenvalue weighted by Crippen LogP contribution is -2.40. The molecule has 0 fully saturated rings. The first-order valence-electron chi connectivity index (χ1n) is 5.18. The number of ether oxygens (including phenoxy) is 2. The lowest BCUT2D eigenvalue weighted by Gasteiger charge is -2.07. The Kier molecular flexibility index (Phi) is 5.15. The monoisotopic (exact) mass is 266 g/mol. The average molecular weight is 266 g/mol. The number of amides is 4. The van der Waals surface area contributed by atoms with Crippen LogP contribution in [0, 0.1) is 0 Å². The lowest BCUT2D eigenvalue weighted by atomic mass is 10.2. The van der Waals surface area contributed by atoms with Crippen LogP contribution in [-0.4, -0.2) is 32.5 Å². The second-order valence-electron chi connectivity index (χ2n) is 3.30. The van der Waals surface area contributed by atoms with Crippen molar-refractivity contribution in [2.75, 3.05) is 14.2 Å². The third-order valence-corrected chi connectivity index (χ3v) is 2.02. The van der Waals surface area contributed by atoms with Crippen LogP contribution >= 0.6 is 0 Å². The molecule has 0 unspecified atom stereocenters. The SMILES string of the molecule is COc1ccc(/C=N\NC(=O)NC(N)=O)cc1OC. The van der Waals surface area contributed by atoms with Gasteiger partial charge in [-0.2, -0.15) is 5.10 Å². The van der Waals surface area contributed by atoms with E-state index in [2.05, 4.69) is 10.5 Å². The van der Waals surface area contributed by atoms with E-state index in [4.69, 9.17) is 15.2 Å². The molecule has 0 saturated heterocycles. The van der Waals surface area contributed by atoms with Gasteiger partial charge in [0.2, 0.25) is 0 Å². The lowest BCUT2D eigenvalue weighted by molar-refractivity contribution is 0.232. The molecule has 8 nitrogen and oxygen atoms in total. The van der Waals surface area contributed by atoms with Crippen molar-refractivity contribution in [1.29, 1.82) is 0 Å². The summed E-state index contributed by atoms with van der Waals surface area (Å²) in [6, 6.07) is 3.32. The molecule has 0 saturated carbocycles. The molecule has 0 aliphatic heterocycles. The van der Waals surface area contributed by atoms with Crippen molar-refractivity contribution >= 4 is 18.3 Å². The number of primary amides is 1. The van der Waals surface area contributed by atoms with E-state index in [0.29, 0.717) is 17.1 Å². The number of methoxy groups -OCH3 is 2. The Morgan fingerprint density at radius 3 is 2.53 bits per heavy atom. The fourth-order valence-corrected chi connectivity index (χ4v) is 1.24. The van der Waals surface area contributed by atoms with Gasteiger partial charge in [0.15, 0.2) is 11.5 Å². The molecular formula is C11H14N4O4. The van der Waals surface area contributed by atoms with Crippen LogP contribution in [0.2, 0.25) is 0 Å². The Hall–Kier alpha value is -2.77. The highest BCUT2D eigenvalue weighted by atomic mass is 16.5. The minimum atomic E-state index is -0.959. The molecule has 0 radical (unpaired) electrons. The van der Waals surface area contributed by atoms with E-state index in [1.165, 1.54) is 20.4 Å². The summed E-state index contributed by atoms with van der Waals surface area (Å²) in [4.78, 5) is 21.4. The smallest absolute Gasteiger partial charge is 0.343 e. The Morgan fingerprint density at radius 2 is 1.95 bits per heavy atom. The van der Waals surface area contributed by atoms with Gasteiger partial charge in [0.25, 0.3) is 0 Å². The number of imide groups is 1. The number of nitrogens with zero attached hydrogens (tertiary/aromatic N) is 1. The Bertz CT molecular complexity index is 501. The third kappa shape index (κ3) is 4.54. The molecule has 19 heavy (non-hydrogen) atoms. The average Bonchev–Trinajstić information content (AvgIpc) is 2.37. The minimum Gasteiger partial charge on any atom is -0.493 e. The molecule has 0 aliphatic rings. The van der Waals surface area contributed by atoms with E-state index in [0.717, 1.165) is 0 Å². The Balaban J connectivity index is 2.67. The predicted octanol–water partition coefficient (Wildman–Crippen LogP) is 0.416. The number of carbonyl (C=O) groups is 2. The largest absolute Gasteiger partial charge is 0.493 e. The first-order valence-corrected chi connectivity index (χ1v) is 5.18. The van der Waals surface area contributed by atoms with E-state index >= 15 is 0 Å². The quantitative estimate of drug-likeness (QED) is 0.541. The molecule has 8 heteroatoms. The summed E-state index contributed by atoms with van der Waals surface area (Å²) < 4.78 is 10.2. The number of rotatable bonds is 4. The highest BCUT2D eigenvalue weighted by Crippen LogP contribution is 2.26. The van der Waals surface area contributed by atoms with Gasteiger partial charge < -0.3 is 15.2 Å². The van der Waals surface area contributed by atoms with E-state index in [-0.39, 0.29) is 0 Å². The van der Waals surface area contributed by atoms with Crippen molar-refractivity contribution in [2.24, 2.45) is 10.8 Å². The van der Waals surface area contributed by atoms with E-state index in [9.17, 15) is 9.59 Å². The molecule has 4 amide bonds. The van der Waals surface area contributed by atoms with E-state index in [1.54, 1.807) is 23.5 Å². The molecule has 0 aromatic heterocycles. The van der Waals surface area contributed by atoms with Crippen molar-refractivity contribution in [3.8, 4) is 11.5 Å². The van der Waals surface area contributed by atoms with Gasteiger partial charge in [0.1, 0.15) is 0 Å². The molecule has 0 aliphatic carbocycles. The summed E-state index contributed by atoms with van der Waals surface area (Å²) in [6.45, 7) is 0. The van der Waals surface area contributed by atoms with Crippen molar-refractivity contribution in [1.82, 2.24) is 10.7 Å². The number of nitrogens with two attached hydrogens (primary N) is 1. The maximum absolute atomic E-state index is 11.0. The standard InChI is InChI=1S/C11H14N4O4/c1-18-8-4-3-7(5-9(8)19-2)6-13-15-11(17)14-10(12)16/h3-6H,1-2H3,(H4,12,14,15,16,17)/b13-6-. The zero-order valence-electron chi connectivity index (χ0n) is 10.5. The molecule has 102 valence electrons. The summed E-state index contributed by atoms with van der Waals surface area (Å²) in [5.41, 5.74) is 7.51. The zero-order chi connectivity index (χ0) is 14.3. The van der Waals surface area contributed by atoms with Crippen LogP contribution < -0.4 is 25.9 Å². The second kappa shape index (κ2) is 6.84. The summed E-state index contributed by atoms with van der Waals surface area (Å²) >= 11 is 0. The van der Waals surface area contributed by atoms with Crippen LogP contribution in [0.15, 0.2) is 23.3 Å². The van der Waals surface area contributed by atoms with Crippen LogP contribution in [0.1, 0.15) is 5.56 Å². The molecule has 0 bridgehead atoms. The van der Waals surface area contributed by atoms with Crippen LogP contribution in [0.5, 0.6) is 11.5 Å². The summed E-state index contributed by atoms with van der Waals surface area (Å²) in [5, 5.41) is 5.43. The highest BCUT2D eigenvalue weighted by molar-refractivity contribution is 5.93. The van der Waals surface area contributed by atoms with E-state index < -0.39 is 12.1 Å². The molecular weight excluding hydrogens is 252 g/mol. The molecule has 1 aromatic carbocycles. The maximum atomic E-state index is 11.0. The number of hydrazone groups is 1. The fourth-order valence-electron chi connectivity index (χ4n) is 1.24. The van der Waals surface area contributed by atoms with Gasteiger partial charge in [-0.3, -0.25) is 5.32 Å². The first kappa shape index (κ1) is 14.3. The van der Waals surface area contributed by atoms with Gasteiger partial charge >= 0.3 is 12.1 Å². The second-order valence-corrected chi connectivity index (χ2v) is 3.30. The van der Waals surface area contributed by atoms with Gasteiger partial charge in [-0.05, 0) is 23.8 Å². The minimum absolute atomic E-state index is 0.535. The topological polar surface area (TPSA) is 115 Å². The Labute approximate surface area is 109 Å². The predicted molar refractivity (Wildman–Crippen MR) is 68.4 cm³/mol. The van der Waals surface area contributed by atoms with Crippen molar-refractivity contribution in [3.05, 3.63) is 23.8 Å². The van der Waals surface area contributed by atoms with Crippen LogP contribution in [0.3, 0.4) is 0 Å². The number of hydrogen-bond acceptors (Lipinski definition) is 5. The molecule has 0 heterocycles. The maximum Gasteiger partial charge on any atom is 0.343 e. The number of hydrogen-bond donors (Lipinski definition) is 3. The van der Waals surface area contributed by atoms with Gasteiger partial charge in [-0.15, -0.1) is 0 Å².